The second kappa shape index (κ2) is 6.11. The minimum absolute atomic E-state index is 0.194. The predicted octanol–water partition coefficient (Wildman–Crippen LogP) is 3.42. The highest BCUT2D eigenvalue weighted by molar-refractivity contribution is 9.10. The number of hydrogen-bond acceptors (Lipinski definition) is 3. The van der Waals surface area contributed by atoms with Gasteiger partial charge in [-0.15, -0.1) is 0 Å². The molecule has 0 bridgehead atoms. The molecule has 0 spiro atoms. The lowest BCUT2D eigenvalue weighted by Gasteiger charge is -2.15. The van der Waals surface area contributed by atoms with E-state index in [1.807, 2.05) is 13.0 Å². The van der Waals surface area contributed by atoms with Crippen LogP contribution in [0, 0.1) is 6.92 Å². The van der Waals surface area contributed by atoms with Crippen LogP contribution in [0.2, 0.25) is 5.02 Å². The Bertz CT molecular complexity index is 469. The second-order valence-electron chi connectivity index (χ2n) is 4.51. The van der Waals surface area contributed by atoms with Gasteiger partial charge in [0, 0.05) is 4.47 Å². The zero-order valence-corrected chi connectivity index (χ0v) is 12.7. The van der Waals surface area contributed by atoms with Gasteiger partial charge in [-0.1, -0.05) is 27.5 Å². The molecule has 1 saturated heterocycles. The Labute approximate surface area is 124 Å². The zero-order chi connectivity index (χ0) is 14.0. The average Bonchev–Trinajstić information content (AvgIpc) is 2.76. The summed E-state index contributed by atoms with van der Waals surface area (Å²) in [6, 6.07) is 3.68. The summed E-state index contributed by atoms with van der Waals surface area (Å²) in [4.78, 5) is 10.8. The van der Waals surface area contributed by atoms with Crippen LogP contribution in [0.15, 0.2) is 16.6 Å². The Morgan fingerprint density at radius 1 is 1.58 bits per heavy atom. The van der Waals surface area contributed by atoms with Crippen molar-refractivity contribution >= 4 is 33.5 Å². The summed E-state index contributed by atoms with van der Waals surface area (Å²) < 4.78 is 11.9. The van der Waals surface area contributed by atoms with Gasteiger partial charge in [0.1, 0.15) is 12.4 Å². The first kappa shape index (κ1) is 14.6. The van der Waals surface area contributed by atoms with E-state index in [9.17, 15) is 4.79 Å². The van der Waals surface area contributed by atoms with Crippen molar-refractivity contribution in [3.05, 3.63) is 27.2 Å². The summed E-state index contributed by atoms with van der Waals surface area (Å²) in [5, 5.41) is 9.37. The first-order valence-corrected chi connectivity index (χ1v) is 7.11. The molecule has 1 aliphatic heterocycles. The smallest absolute Gasteiger partial charge is 0.332 e. The molecule has 2 unspecified atom stereocenters. The summed E-state index contributed by atoms with van der Waals surface area (Å²) in [6.07, 6.45) is 0.302. The lowest BCUT2D eigenvalue weighted by Crippen LogP contribution is -2.23. The van der Waals surface area contributed by atoms with E-state index in [1.54, 1.807) is 6.07 Å². The lowest BCUT2D eigenvalue weighted by molar-refractivity contribution is -0.149. The quantitative estimate of drug-likeness (QED) is 0.905. The minimum Gasteiger partial charge on any atom is -0.489 e. The molecule has 0 amide bonds. The SMILES string of the molecule is Cc1cc(Br)cc(Cl)c1OCC1CCC(C(=O)O)O1. The van der Waals surface area contributed by atoms with Crippen LogP contribution in [-0.2, 0) is 9.53 Å². The largest absolute Gasteiger partial charge is 0.489 e. The number of benzene rings is 1. The van der Waals surface area contributed by atoms with Gasteiger partial charge in [-0.25, -0.2) is 4.79 Å². The van der Waals surface area contributed by atoms with E-state index >= 15 is 0 Å². The van der Waals surface area contributed by atoms with E-state index < -0.39 is 12.1 Å². The number of aliphatic carboxylic acids is 1. The van der Waals surface area contributed by atoms with Crippen LogP contribution >= 0.6 is 27.5 Å². The van der Waals surface area contributed by atoms with Gasteiger partial charge in [0.2, 0.25) is 0 Å². The van der Waals surface area contributed by atoms with Gasteiger partial charge in [-0.2, -0.15) is 0 Å². The molecule has 6 heteroatoms. The number of hydrogen-bond donors (Lipinski definition) is 1. The van der Waals surface area contributed by atoms with Crippen LogP contribution in [0.3, 0.4) is 0 Å². The molecule has 1 heterocycles. The van der Waals surface area contributed by atoms with Crippen molar-refractivity contribution in [3.8, 4) is 5.75 Å². The molecule has 1 aromatic rings. The fraction of sp³-hybridized carbons (Fsp3) is 0.462. The van der Waals surface area contributed by atoms with E-state index in [-0.39, 0.29) is 6.10 Å². The maximum atomic E-state index is 10.8. The number of carboxylic acids is 1. The molecular formula is C13H14BrClO4. The van der Waals surface area contributed by atoms with Crippen molar-refractivity contribution in [1.29, 1.82) is 0 Å². The van der Waals surface area contributed by atoms with Crippen molar-refractivity contribution in [2.45, 2.75) is 32.0 Å². The van der Waals surface area contributed by atoms with Gasteiger partial charge >= 0.3 is 5.97 Å². The Morgan fingerprint density at radius 2 is 2.32 bits per heavy atom. The monoisotopic (exact) mass is 348 g/mol. The zero-order valence-electron chi connectivity index (χ0n) is 10.4. The Balaban J connectivity index is 1.95. The summed E-state index contributed by atoms with van der Waals surface area (Å²) in [5.74, 6) is -0.299. The normalized spacial score (nSPS) is 22.5. The Morgan fingerprint density at radius 3 is 2.89 bits per heavy atom. The fourth-order valence-electron chi connectivity index (χ4n) is 2.06. The molecule has 0 aliphatic carbocycles. The molecule has 1 aliphatic rings. The third kappa shape index (κ3) is 3.61. The number of rotatable bonds is 4. The number of carbonyl (C=O) groups is 1. The van der Waals surface area contributed by atoms with Crippen LogP contribution < -0.4 is 4.74 Å². The second-order valence-corrected chi connectivity index (χ2v) is 5.83. The minimum atomic E-state index is -0.916. The van der Waals surface area contributed by atoms with Gasteiger partial charge in [0.05, 0.1) is 11.1 Å². The van der Waals surface area contributed by atoms with Crippen molar-refractivity contribution in [2.75, 3.05) is 6.61 Å². The van der Waals surface area contributed by atoms with Crippen molar-refractivity contribution in [2.24, 2.45) is 0 Å². The summed E-state index contributed by atoms with van der Waals surface area (Å²) in [7, 11) is 0. The maximum absolute atomic E-state index is 10.8. The average molecular weight is 350 g/mol. The molecule has 0 saturated carbocycles. The molecule has 19 heavy (non-hydrogen) atoms. The van der Waals surface area contributed by atoms with Crippen LogP contribution in [-0.4, -0.2) is 29.9 Å². The van der Waals surface area contributed by atoms with E-state index in [4.69, 9.17) is 26.2 Å². The number of aryl methyl sites for hydroxylation is 1. The maximum Gasteiger partial charge on any atom is 0.332 e. The van der Waals surface area contributed by atoms with Gasteiger partial charge in [-0.05, 0) is 37.5 Å². The third-order valence-corrected chi connectivity index (χ3v) is 3.73. The molecule has 4 nitrogen and oxygen atoms in total. The molecule has 1 fully saturated rings. The van der Waals surface area contributed by atoms with E-state index in [1.165, 1.54) is 0 Å². The van der Waals surface area contributed by atoms with Gasteiger partial charge in [-0.3, -0.25) is 0 Å². The van der Waals surface area contributed by atoms with Crippen molar-refractivity contribution < 1.29 is 19.4 Å². The van der Waals surface area contributed by atoms with Gasteiger partial charge < -0.3 is 14.6 Å². The fourth-order valence-corrected chi connectivity index (χ4v) is 3.08. The van der Waals surface area contributed by atoms with Crippen LogP contribution in [0.4, 0.5) is 0 Å². The molecular weight excluding hydrogens is 335 g/mol. The standard InChI is InChI=1S/C13H14BrClO4/c1-7-4-8(14)5-10(15)12(7)18-6-9-2-3-11(19-9)13(16)17/h4-5,9,11H,2-3,6H2,1H3,(H,16,17). The molecule has 1 aromatic carbocycles. The Kier molecular flexibility index (Phi) is 4.71. The summed E-state index contributed by atoms with van der Waals surface area (Å²) in [5.41, 5.74) is 0.923. The van der Waals surface area contributed by atoms with Crippen LogP contribution in [0.25, 0.3) is 0 Å². The number of ether oxygens (including phenoxy) is 2. The van der Waals surface area contributed by atoms with Crippen LogP contribution in [0.5, 0.6) is 5.75 Å². The van der Waals surface area contributed by atoms with E-state index in [2.05, 4.69) is 15.9 Å². The first-order valence-electron chi connectivity index (χ1n) is 5.94. The number of carboxylic acid groups (broad SMARTS) is 1. The molecule has 2 atom stereocenters. The Hall–Kier alpha value is -0.780. The van der Waals surface area contributed by atoms with Gasteiger partial charge in [0.15, 0.2) is 6.10 Å². The van der Waals surface area contributed by atoms with E-state index in [0.29, 0.717) is 30.2 Å². The third-order valence-electron chi connectivity index (χ3n) is 2.99. The highest BCUT2D eigenvalue weighted by Gasteiger charge is 2.30. The first-order chi connectivity index (χ1) is 8.97. The van der Waals surface area contributed by atoms with E-state index in [0.717, 1.165) is 10.0 Å². The highest BCUT2D eigenvalue weighted by Crippen LogP contribution is 2.32. The topological polar surface area (TPSA) is 55.8 Å². The lowest BCUT2D eigenvalue weighted by atomic mass is 10.2. The molecule has 0 aromatic heterocycles. The molecule has 0 radical (unpaired) electrons. The summed E-state index contributed by atoms with van der Waals surface area (Å²) >= 11 is 9.47. The van der Waals surface area contributed by atoms with Gasteiger partial charge in [0.25, 0.3) is 0 Å². The molecule has 104 valence electrons. The molecule has 2 rings (SSSR count). The molecule has 1 N–H and O–H groups in total. The van der Waals surface area contributed by atoms with Crippen molar-refractivity contribution in [3.63, 3.8) is 0 Å². The highest BCUT2D eigenvalue weighted by atomic mass is 79.9. The van der Waals surface area contributed by atoms with Crippen molar-refractivity contribution in [1.82, 2.24) is 0 Å². The summed E-state index contributed by atoms with van der Waals surface area (Å²) in [6.45, 7) is 2.22. The van der Waals surface area contributed by atoms with Crippen LogP contribution in [0.1, 0.15) is 18.4 Å². The number of halogens is 2. The predicted molar refractivity (Wildman–Crippen MR) is 74.9 cm³/mol.